The second kappa shape index (κ2) is 20.2. The summed E-state index contributed by atoms with van der Waals surface area (Å²) in [5, 5.41) is 1.30. The maximum Gasteiger partial charge on any atom is 0.416 e. The van der Waals surface area contributed by atoms with Crippen LogP contribution in [0.4, 0.5) is 105 Å². The lowest BCUT2D eigenvalue weighted by molar-refractivity contribution is -0.669. The van der Waals surface area contributed by atoms with Gasteiger partial charge in [0.1, 0.15) is 6.15 Å². The lowest BCUT2D eigenvalue weighted by Gasteiger charge is -2.46. The Labute approximate surface area is 412 Å². The van der Waals surface area contributed by atoms with Gasteiger partial charge in [-0.25, -0.2) is 0 Å². The third kappa shape index (κ3) is 12.8. The smallest absolute Gasteiger partial charge is 0.194 e. The number of alkyl halides is 24. The number of pyridine rings is 1. The largest absolute Gasteiger partial charge is 0.416 e. The fourth-order valence-corrected chi connectivity index (χ4v) is 8.64. The van der Waals surface area contributed by atoms with Crippen LogP contribution in [0.3, 0.4) is 0 Å². The van der Waals surface area contributed by atoms with Crippen molar-refractivity contribution in [2.75, 3.05) is 0 Å². The minimum atomic E-state index is -6.13. The fraction of sp³-hybridized carbons (Fsp3) is 0.220. The molecule has 1 aromatic heterocycles. The number of hydrogen-bond acceptors (Lipinski definition) is 0. The van der Waals surface area contributed by atoms with E-state index in [1.807, 2.05) is 0 Å². The summed E-state index contributed by atoms with van der Waals surface area (Å²) < 4.78 is 343. The highest BCUT2D eigenvalue weighted by atomic mass is 19.4. The molecular formula is C50H30BF24N. The van der Waals surface area contributed by atoms with E-state index in [4.69, 9.17) is 0 Å². The van der Waals surface area contributed by atoms with Gasteiger partial charge in [0.2, 0.25) is 5.52 Å². The van der Waals surface area contributed by atoms with Gasteiger partial charge in [-0.2, -0.15) is 132 Å². The Kier molecular flexibility index (Phi) is 15.5. The number of halogens is 24. The topological polar surface area (TPSA) is 3.88 Å². The summed E-state index contributed by atoms with van der Waals surface area (Å²) in [6.07, 6.45) is -53.8. The Morgan fingerprint density at radius 3 is 0.842 bits per heavy atom. The van der Waals surface area contributed by atoms with Crippen LogP contribution in [0.1, 0.15) is 62.7 Å². The van der Waals surface area contributed by atoms with Gasteiger partial charge in [0.05, 0.1) is 44.5 Å². The van der Waals surface area contributed by atoms with Crippen molar-refractivity contribution in [2.24, 2.45) is 0 Å². The predicted octanol–water partition coefficient (Wildman–Crippen LogP) is 15.0. The average molecular weight is 1110 g/mol. The zero-order valence-corrected chi connectivity index (χ0v) is 37.8. The molecule has 0 saturated carbocycles. The molecule has 0 aliphatic carbocycles. The first-order valence-electron chi connectivity index (χ1n) is 21.4. The Morgan fingerprint density at radius 1 is 0.316 bits per heavy atom. The Bertz CT molecular complexity index is 2770. The summed E-state index contributed by atoms with van der Waals surface area (Å²) in [5.41, 5.74) is -26.2. The molecule has 0 unspecified atom stereocenters. The van der Waals surface area contributed by atoms with Gasteiger partial charge in [0.15, 0.2) is 12.2 Å². The molecule has 0 aliphatic rings. The number of aryl methyl sites for hydroxylation is 1. The van der Waals surface area contributed by atoms with Gasteiger partial charge >= 0.3 is 49.4 Å². The van der Waals surface area contributed by atoms with E-state index in [1.54, 1.807) is 0 Å². The van der Waals surface area contributed by atoms with Gasteiger partial charge in [-0.15, -0.1) is 0 Å². The highest BCUT2D eigenvalue weighted by Crippen LogP contribution is 2.41. The molecule has 76 heavy (non-hydrogen) atoms. The molecule has 7 aromatic rings. The van der Waals surface area contributed by atoms with Crippen molar-refractivity contribution in [1.82, 2.24) is 0 Å². The molecule has 0 atom stereocenters. The van der Waals surface area contributed by atoms with Gasteiger partial charge in [-0.05, 0) is 36.4 Å². The number of benzene rings is 6. The van der Waals surface area contributed by atoms with Crippen molar-refractivity contribution >= 4 is 38.9 Å². The minimum Gasteiger partial charge on any atom is -0.194 e. The van der Waals surface area contributed by atoms with Crippen molar-refractivity contribution in [3.8, 4) is 0 Å². The van der Waals surface area contributed by atoms with Gasteiger partial charge < -0.3 is 0 Å². The lowest BCUT2D eigenvalue weighted by atomic mass is 9.12. The number of fused-ring (bicyclic) bond motifs is 1. The van der Waals surface area contributed by atoms with Crippen LogP contribution in [0.5, 0.6) is 0 Å². The molecule has 0 fully saturated rings. The molecule has 1 nitrogen and oxygen atoms in total. The second-order valence-electron chi connectivity index (χ2n) is 17.0. The second-order valence-corrected chi connectivity index (χ2v) is 17.0. The molecule has 0 bridgehead atoms. The fourth-order valence-electron chi connectivity index (χ4n) is 8.64. The van der Waals surface area contributed by atoms with Crippen molar-refractivity contribution in [3.05, 3.63) is 195 Å². The first-order valence-corrected chi connectivity index (χ1v) is 21.4. The van der Waals surface area contributed by atoms with E-state index in [2.05, 4.69) is 78.2 Å². The monoisotopic (exact) mass is 1110 g/mol. The number of para-hydroxylation sites is 1. The van der Waals surface area contributed by atoms with Crippen LogP contribution in [-0.4, -0.2) is 6.15 Å². The van der Waals surface area contributed by atoms with Gasteiger partial charge in [-0.1, -0.05) is 97.9 Å². The van der Waals surface area contributed by atoms with Gasteiger partial charge in [-0.3, -0.25) is 0 Å². The normalized spacial score (nSPS) is 13.4. The summed E-state index contributed by atoms with van der Waals surface area (Å²) in [7, 11) is 0. The van der Waals surface area contributed by atoms with E-state index < -0.39 is 195 Å². The number of rotatable bonds is 7. The molecule has 7 rings (SSSR count). The van der Waals surface area contributed by atoms with E-state index in [9.17, 15) is 105 Å². The Hall–Kier alpha value is -6.89. The molecule has 0 N–H and O–H groups in total. The zero-order chi connectivity index (χ0) is 57.0. The summed E-state index contributed by atoms with van der Waals surface area (Å²) in [6.45, 7) is 3.15. The van der Waals surface area contributed by atoms with Gasteiger partial charge in [0, 0.05) is 29.5 Å². The van der Waals surface area contributed by atoms with Crippen LogP contribution in [-0.2, 0) is 62.4 Å². The zero-order valence-electron chi connectivity index (χ0n) is 37.8. The highest BCUT2D eigenvalue weighted by molar-refractivity contribution is 7.20. The summed E-state index contributed by atoms with van der Waals surface area (Å²) >= 11 is 0. The van der Waals surface area contributed by atoms with Crippen LogP contribution in [0.2, 0.25) is 0 Å². The molecule has 6 aromatic carbocycles. The SMILES string of the molecule is CCc1ccc2ccccc2[n+]1Cc1ccccc1.FC(F)(F)c1cc([B-](c2cc(C(F)(F)F)cc(C(F)(F)F)c2)(c2cc(C(F)(F)F)cc(C(F)(F)F)c2)c2cc(C(F)(F)F)cc(C(F)(F)F)c2)cc(C(F)(F)F)c1. The van der Waals surface area contributed by atoms with Gasteiger partial charge in [0.25, 0.3) is 0 Å². The quantitative estimate of drug-likeness (QED) is 0.0851. The van der Waals surface area contributed by atoms with E-state index >= 15 is 0 Å². The third-order valence-electron chi connectivity index (χ3n) is 12.0. The average Bonchev–Trinajstić information content (AvgIpc) is 3.30. The van der Waals surface area contributed by atoms with Crippen LogP contribution >= 0.6 is 0 Å². The lowest BCUT2D eigenvalue weighted by Crippen LogP contribution is -2.75. The molecule has 406 valence electrons. The van der Waals surface area contributed by atoms with Crippen molar-refractivity contribution in [2.45, 2.75) is 69.3 Å². The molecule has 0 spiro atoms. The minimum absolute atomic E-state index is 0.691. The maximum absolute atomic E-state index is 14.2. The van der Waals surface area contributed by atoms with Crippen molar-refractivity contribution in [1.29, 1.82) is 0 Å². The Morgan fingerprint density at radius 2 is 0.579 bits per heavy atom. The number of aromatic nitrogens is 1. The third-order valence-corrected chi connectivity index (χ3v) is 12.0. The van der Waals surface area contributed by atoms with Crippen LogP contribution in [0.25, 0.3) is 10.9 Å². The first kappa shape index (κ1) is 58.4. The van der Waals surface area contributed by atoms with Crippen molar-refractivity contribution < 1.29 is 110 Å². The summed E-state index contributed by atoms with van der Waals surface area (Å²) in [6, 6.07) is 14.9. The summed E-state index contributed by atoms with van der Waals surface area (Å²) in [4.78, 5) is 0. The molecule has 1 heterocycles. The number of hydrogen-bond donors (Lipinski definition) is 0. The molecular weight excluding hydrogens is 1080 g/mol. The van der Waals surface area contributed by atoms with E-state index in [1.165, 1.54) is 22.2 Å². The van der Waals surface area contributed by atoms with Crippen LogP contribution in [0, 0.1) is 0 Å². The summed E-state index contributed by atoms with van der Waals surface area (Å²) in [5.74, 6) is 0. The predicted molar refractivity (Wildman–Crippen MR) is 229 cm³/mol. The molecule has 0 aliphatic heterocycles. The van der Waals surface area contributed by atoms with Crippen LogP contribution < -0.4 is 26.4 Å². The van der Waals surface area contributed by atoms with Crippen molar-refractivity contribution in [3.63, 3.8) is 0 Å². The standard InChI is InChI=1S/C32H12BF24.C18H18N/c34-25(35,36)13-1-14(26(37,38)39)6-21(5-13)33(22-7-15(27(40,41)42)2-16(8-22)28(43,44)45,23-9-17(29(46,47)48)3-18(10-23)30(49,50)51)24-11-19(31(52,53)54)4-20(12-24)32(55,56)57;1-2-17-13-12-16-10-6-7-11-18(16)19(17)14-15-8-4-3-5-9-15/h1-12H;3-13H,2,14H2,1H3/q-1;+1. The van der Waals surface area contributed by atoms with E-state index in [0.29, 0.717) is 0 Å². The molecule has 0 saturated heterocycles. The van der Waals surface area contributed by atoms with E-state index in [-0.39, 0.29) is 0 Å². The van der Waals surface area contributed by atoms with E-state index in [0.717, 1.165) is 13.0 Å². The molecule has 26 heteroatoms. The molecule has 0 amide bonds. The first-order chi connectivity index (χ1) is 34.6. The van der Waals surface area contributed by atoms with Crippen LogP contribution in [0.15, 0.2) is 140 Å². The Balaban J connectivity index is 0.000000408. The highest BCUT2D eigenvalue weighted by Gasteiger charge is 2.47. The molecule has 0 radical (unpaired) electrons. The number of nitrogens with zero attached hydrogens (tertiary/aromatic N) is 1. The maximum atomic E-state index is 14.2.